The third-order valence-corrected chi connectivity index (χ3v) is 5.01. The number of benzene rings is 2. The van der Waals surface area contributed by atoms with Crippen molar-refractivity contribution >= 4 is 56.6 Å². The Kier molecular flexibility index (Phi) is 3.60. The molecule has 0 saturated carbocycles. The summed E-state index contributed by atoms with van der Waals surface area (Å²) in [6.07, 6.45) is 0. The molecule has 3 rings (SSSR count). The fourth-order valence-electron chi connectivity index (χ4n) is 1.94. The number of rotatable bonds is 1. The van der Waals surface area contributed by atoms with Crippen molar-refractivity contribution < 1.29 is 0 Å². The third kappa shape index (κ3) is 2.42. The van der Waals surface area contributed by atoms with Crippen LogP contribution >= 0.6 is 45.8 Å². The van der Waals surface area contributed by atoms with Gasteiger partial charge in [-0.15, -0.1) is 0 Å². The zero-order valence-corrected chi connectivity index (χ0v) is 13.2. The van der Waals surface area contributed by atoms with Crippen molar-refractivity contribution in [1.29, 1.82) is 0 Å². The maximum Gasteiger partial charge on any atom is 0.163 e. The van der Waals surface area contributed by atoms with E-state index in [9.17, 15) is 0 Å². The molecule has 0 unspecified atom stereocenters. The summed E-state index contributed by atoms with van der Waals surface area (Å²) in [5.41, 5.74) is 0.929. The first kappa shape index (κ1) is 13.1. The molecule has 3 aromatic rings. The van der Waals surface area contributed by atoms with Crippen molar-refractivity contribution in [2.45, 2.75) is 0 Å². The fraction of sp³-hybridized carbons (Fsp3) is 0. The number of aromatic nitrogens is 2. The van der Waals surface area contributed by atoms with Crippen molar-refractivity contribution in [2.75, 3.05) is 0 Å². The maximum absolute atomic E-state index is 6.08. The molecule has 1 aromatic heterocycles. The highest BCUT2D eigenvalue weighted by molar-refractivity contribution is 14.1. The molecular formula is C14H7Cl2IN2. The van der Waals surface area contributed by atoms with E-state index >= 15 is 0 Å². The van der Waals surface area contributed by atoms with Gasteiger partial charge in [0.15, 0.2) is 5.82 Å². The summed E-state index contributed by atoms with van der Waals surface area (Å²) >= 11 is 14.2. The summed E-state index contributed by atoms with van der Waals surface area (Å²) in [7, 11) is 0. The van der Waals surface area contributed by atoms with E-state index < -0.39 is 0 Å². The quantitative estimate of drug-likeness (QED) is 0.414. The Morgan fingerprint density at radius 2 is 1.47 bits per heavy atom. The number of hydrogen-bond acceptors (Lipinski definition) is 2. The molecule has 0 spiro atoms. The molecule has 0 atom stereocenters. The number of halogens is 3. The Balaban J connectivity index is 2.31. The largest absolute Gasteiger partial charge is 0.215 e. The van der Waals surface area contributed by atoms with E-state index in [1.165, 1.54) is 0 Å². The Morgan fingerprint density at radius 3 is 2.21 bits per heavy atom. The zero-order valence-electron chi connectivity index (χ0n) is 9.57. The van der Waals surface area contributed by atoms with Crippen LogP contribution in [0.4, 0.5) is 0 Å². The molecule has 0 amide bonds. The van der Waals surface area contributed by atoms with Gasteiger partial charge in [0, 0.05) is 5.56 Å². The first-order valence-corrected chi connectivity index (χ1v) is 7.37. The Labute approximate surface area is 133 Å². The number of nitrogens with zero attached hydrogens (tertiary/aromatic N) is 2. The second-order valence-electron chi connectivity index (χ2n) is 3.97. The molecule has 0 N–H and O–H groups in total. The van der Waals surface area contributed by atoms with Gasteiger partial charge in [-0.05, 0) is 33.4 Å². The predicted molar refractivity (Wildman–Crippen MR) is 87.7 cm³/mol. The summed E-state index contributed by atoms with van der Waals surface area (Å²) in [6.45, 7) is 0. The Hall–Kier alpha value is -0.910. The Bertz CT molecular complexity index is 746. The lowest BCUT2D eigenvalue weighted by Crippen LogP contribution is -1.94. The molecule has 1 heterocycles. The molecule has 0 saturated heterocycles. The molecule has 2 nitrogen and oxygen atoms in total. The van der Waals surface area contributed by atoms with E-state index in [1.54, 1.807) is 0 Å². The highest BCUT2D eigenvalue weighted by atomic mass is 127. The fourth-order valence-corrected chi connectivity index (χ4v) is 2.56. The molecule has 0 aliphatic heterocycles. The molecule has 0 aliphatic rings. The second-order valence-corrected chi connectivity index (χ2v) is 5.76. The van der Waals surface area contributed by atoms with Crippen LogP contribution in [-0.4, -0.2) is 9.97 Å². The van der Waals surface area contributed by atoms with E-state index in [4.69, 9.17) is 23.2 Å². The van der Waals surface area contributed by atoms with Gasteiger partial charge in [-0.1, -0.05) is 65.7 Å². The molecule has 0 bridgehead atoms. The molecule has 94 valence electrons. The summed E-state index contributed by atoms with van der Waals surface area (Å²) in [5, 5.41) is 2.97. The van der Waals surface area contributed by atoms with Crippen molar-refractivity contribution in [3.05, 3.63) is 56.3 Å². The number of fused-ring (bicyclic) bond motifs is 1. The van der Waals surface area contributed by atoms with Gasteiger partial charge in [0.25, 0.3) is 0 Å². The highest BCUT2D eigenvalue weighted by Crippen LogP contribution is 2.30. The van der Waals surface area contributed by atoms with Gasteiger partial charge in [-0.25, -0.2) is 9.97 Å². The second kappa shape index (κ2) is 5.23. The van der Waals surface area contributed by atoms with Crippen molar-refractivity contribution in [3.63, 3.8) is 0 Å². The van der Waals surface area contributed by atoms with Crippen molar-refractivity contribution in [3.8, 4) is 11.4 Å². The molecule has 0 fully saturated rings. The summed E-state index contributed by atoms with van der Waals surface area (Å²) in [6, 6.07) is 14.1. The molecule has 0 radical (unpaired) electrons. The molecule has 2 aromatic carbocycles. The SMILES string of the molecule is Clc1nc(-c2cccc3ccccc23)nc(Cl)c1I. The minimum absolute atomic E-state index is 0.378. The average molecular weight is 401 g/mol. The highest BCUT2D eigenvalue weighted by Gasteiger charge is 2.12. The van der Waals surface area contributed by atoms with E-state index in [1.807, 2.05) is 52.9 Å². The average Bonchev–Trinajstić information content (AvgIpc) is 2.43. The lowest BCUT2D eigenvalue weighted by molar-refractivity contribution is 1.16. The molecular weight excluding hydrogens is 394 g/mol. The van der Waals surface area contributed by atoms with Crippen molar-refractivity contribution in [2.24, 2.45) is 0 Å². The van der Waals surface area contributed by atoms with Gasteiger partial charge in [-0.3, -0.25) is 0 Å². The minimum Gasteiger partial charge on any atom is -0.215 e. The van der Waals surface area contributed by atoms with Crippen LogP contribution in [0.2, 0.25) is 10.3 Å². The molecule has 19 heavy (non-hydrogen) atoms. The van der Waals surface area contributed by atoms with E-state index in [2.05, 4.69) is 22.1 Å². The topological polar surface area (TPSA) is 25.8 Å². The van der Waals surface area contributed by atoms with Crippen LogP contribution in [-0.2, 0) is 0 Å². The maximum atomic E-state index is 6.08. The van der Waals surface area contributed by atoms with Gasteiger partial charge in [0.1, 0.15) is 10.3 Å². The van der Waals surface area contributed by atoms with Crippen LogP contribution in [0.3, 0.4) is 0 Å². The predicted octanol–water partition coefficient (Wildman–Crippen LogP) is 5.21. The normalized spacial score (nSPS) is 10.9. The lowest BCUT2D eigenvalue weighted by atomic mass is 10.0. The van der Waals surface area contributed by atoms with Gasteiger partial charge in [0.2, 0.25) is 0 Å². The minimum atomic E-state index is 0.378. The molecule has 0 aliphatic carbocycles. The lowest BCUT2D eigenvalue weighted by Gasteiger charge is -2.07. The molecule has 5 heteroatoms. The summed E-state index contributed by atoms with van der Waals surface area (Å²) in [5.74, 6) is 0.548. The monoisotopic (exact) mass is 400 g/mol. The van der Waals surface area contributed by atoms with Crippen LogP contribution in [0.5, 0.6) is 0 Å². The third-order valence-electron chi connectivity index (χ3n) is 2.80. The van der Waals surface area contributed by atoms with Crippen LogP contribution in [0.1, 0.15) is 0 Å². The standard InChI is InChI=1S/C14H7Cl2IN2/c15-12-11(17)13(16)19-14(18-12)10-7-3-5-8-4-1-2-6-9(8)10/h1-7H. The Morgan fingerprint density at radius 1 is 0.842 bits per heavy atom. The smallest absolute Gasteiger partial charge is 0.163 e. The van der Waals surface area contributed by atoms with Gasteiger partial charge >= 0.3 is 0 Å². The summed E-state index contributed by atoms with van der Waals surface area (Å²) in [4.78, 5) is 8.63. The van der Waals surface area contributed by atoms with Gasteiger partial charge < -0.3 is 0 Å². The summed E-state index contributed by atoms with van der Waals surface area (Å²) < 4.78 is 0.671. The van der Waals surface area contributed by atoms with E-state index in [0.717, 1.165) is 16.3 Å². The van der Waals surface area contributed by atoms with E-state index in [-0.39, 0.29) is 0 Å². The van der Waals surface area contributed by atoms with Gasteiger partial charge in [0.05, 0.1) is 3.57 Å². The van der Waals surface area contributed by atoms with E-state index in [0.29, 0.717) is 19.7 Å². The zero-order chi connectivity index (χ0) is 13.4. The van der Waals surface area contributed by atoms with Crippen LogP contribution in [0, 0.1) is 3.57 Å². The van der Waals surface area contributed by atoms with Crippen LogP contribution in [0.15, 0.2) is 42.5 Å². The van der Waals surface area contributed by atoms with Gasteiger partial charge in [-0.2, -0.15) is 0 Å². The van der Waals surface area contributed by atoms with Crippen LogP contribution in [0.25, 0.3) is 22.2 Å². The number of hydrogen-bond donors (Lipinski definition) is 0. The van der Waals surface area contributed by atoms with Crippen LogP contribution < -0.4 is 0 Å². The van der Waals surface area contributed by atoms with Crippen molar-refractivity contribution in [1.82, 2.24) is 9.97 Å². The first-order valence-electron chi connectivity index (χ1n) is 5.53. The first-order chi connectivity index (χ1) is 9.16.